The van der Waals surface area contributed by atoms with Gasteiger partial charge in [-0.2, -0.15) is 0 Å². The third kappa shape index (κ3) is 5.99. The Kier molecular flexibility index (Phi) is 8.71. The predicted molar refractivity (Wildman–Crippen MR) is 184 cm³/mol. The van der Waals surface area contributed by atoms with E-state index in [0.29, 0.717) is 24.9 Å². The molecule has 8 heteroatoms. The molecule has 47 heavy (non-hydrogen) atoms. The minimum Gasteiger partial charge on any atom is -0.507 e. The van der Waals surface area contributed by atoms with Crippen LogP contribution in [0.3, 0.4) is 0 Å². The van der Waals surface area contributed by atoms with Crippen LogP contribution in [-0.2, 0) is 14.2 Å². The standard InChI is InChI=1S/C39H38BNO6/c1-2-25(21-26-18-19-34(42)31-16-10-9-15-30(26)31)17-20-35-36-27(24-46-29-13-7-4-8-14-29)22-32-37(33(36)23-40(45)47-35)39(44)41(38(32)43)28-11-5-3-6-12-28/h3-16,18-19,21,32-33,35,37,42,45H,2,17,20,22-24H2,1H3/b25-21+/t32-,33+,35-,37-/m1/s1. The Morgan fingerprint density at radius 1 is 0.915 bits per heavy atom. The quantitative estimate of drug-likeness (QED) is 0.116. The Labute approximate surface area is 275 Å². The Balaban J connectivity index is 1.21. The average molecular weight is 628 g/mol. The fraction of sp³-hybridized carbons (Fsp3) is 0.282. The number of anilines is 1. The third-order valence-electron chi connectivity index (χ3n) is 9.95. The molecule has 7 rings (SSSR count). The maximum atomic E-state index is 14.1. The summed E-state index contributed by atoms with van der Waals surface area (Å²) in [5, 5.41) is 23.2. The van der Waals surface area contributed by atoms with Gasteiger partial charge in [0.05, 0.1) is 23.6 Å². The smallest absolute Gasteiger partial charge is 0.455 e. The van der Waals surface area contributed by atoms with Crippen LogP contribution in [0.4, 0.5) is 5.69 Å². The van der Waals surface area contributed by atoms with E-state index in [9.17, 15) is 19.7 Å². The topological polar surface area (TPSA) is 96.3 Å². The summed E-state index contributed by atoms with van der Waals surface area (Å²) in [7, 11) is -1.05. The molecule has 2 amide bonds. The number of hydrogen-bond acceptors (Lipinski definition) is 6. The molecular weight excluding hydrogens is 589 g/mol. The van der Waals surface area contributed by atoms with Crippen LogP contribution in [-0.4, -0.2) is 41.8 Å². The van der Waals surface area contributed by atoms with Gasteiger partial charge < -0.3 is 19.5 Å². The molecule has 4 aromatic carbocycles. The highest BCUT2D eigenvalue weighted by Crippen LogP contribution is 2.51. The summed E-state index contributed by atoms with van der Waals surface area (Å²) in [5.41, 5.74) is 4.78. The number of benzene rings is 4. The Morgan fingerprint density at radius 2 is 1.62 bits per heavy atom. The van der Waals surface area contributed by atoms with Gasteiger partial charge in [0.25, 0.3) is 0 Å². The molecule has 0 saturated carbocycles. The summed E-state index contributed by atoms with van der Waals surface area (Å²) in [4.78, 5) is 29.3. The summed E-state index contributed by atoms with van der Waals surface area (Å²) in [6.45, 7) is 2.40. The molecule has 4 atom stereocenters. The molecule has 4 aromatic rings. The molecule has 238 valence electrons. The van der Waals surface area contributed by atoms with Crippen LogP contribution in [0, 0.1) is 17.8 Å². The first-order valence-corrected chi connectivity index (χ1v) is 16.5. The van der Waals surface area contributed by atoms with E-state index >= 15 is 0 Å². The van der Waals surface area contributed by atoms with Crippen molar-refractivity contribution in [2.75, 3.05) is 11.5 Å². The number of para-hydroxylation sites is 2. The number of amides is 2. The second-order valence-corrected chi connectivity index (χ2v) is 12.7. The van der Waals surface area contributed by atoms with Crippen LogP contribution in [0.25, 0.3) is 16.8 Å². The van der Waals surface area contributed by atoms with Gasteiger partial charge >= 0.3 is 7.12 Å². The number of nitrogens with zero attached hydrogens (tertiary/aromatic N) is 1. The van der Waals surface area contributed by atoms with Gasteiger partial charge in [-0.15, -0.1) is 0 Å². The van der Waals surface area contributed by atoms with Gasteiger partial charge in [0.2, 0.25) is 11.8 Å². The van der Waals surface area contributed by atoms with E-state index in [0.717, 1.165) is 39.7 Å². The molecule has 0 radical (unpaired) electrons. The molecule has 3 aliphatic rings. The molecule has 0 aromatic heterocycles. The maximum Gasteiger partial charge on any atom is 0.455 e. The molecule has 2 heterocycles. The first-order valence-electron chi connectivity index (χ1n) is 16.5. The number of imide groups is 1. The summed E-state index contributed by atoms with van der Waals surface area (Å²) in [6.07, 6.45) is 4.54. The highest BCUT2D eigenvalue weighted by molar-refractivity contribution is 6.43. The van der Waals surface area contributed by atoms with Crippen LogP contribution in [0.1, 0.15) is 38.2 Å². The van der Waals surface area contributed by atoms with Gasteiger partial charge in [-0.3, -0.25) is 14.5 Å². The van der Waals surface area contributed by atoms with Gasteiger partial charge in [-0.1, -0.05) is 85.3 Å². The fourth-order valence-electron chi connectivity index (χ4n) is 7.73. The van der Waals surface area contributed by atoms with Crippen molar-refractivity contribution in [3.63, 3.8) is 0 Å². The van der Waals surface area contributed by atoms with Crippen molar-refractivity contribution in [2.45, 2.75) is 45.0 Å². The molecule has 2 saturated heterocycles. The lowest BCUT2D eigenvalue weighted by Gasteiger charge is -2.43. The Bertz CT molecular complexity index is 1860. The van der Waals surface area contributed by atoms with E-state index in [1.807, 2.05) is 78.9 Å². The van der Waals surface area contributed by atoms with Crippen molar-refractivity contribution >= 4 is 41.5 Å². The van der Waals surface area contributed by atoms with Crippen molar-refractivity contribution in [1.82, 2.24) is 0 Å². The summed E-state index contributed by atoms with van der Waals surface area (Å²) in [6, 6.07) is 30.2. The minimum absolute atomic E-state index is 0.197. The second-order valence-electron chi connectivity index (χ2n) is 12.7. The molecule has 1 aliphatic carbocycles. The summed E-state index contributed by atoms with van der Waals surface area (Å²) in [5.74, 6) is -0.850. The molecular formula is C39H38BNO6. The van der Waals surface area contributed by atoms with Gasteiger partial charge in [0, 0.05) is 5.39 Å². The zero-order chi connectivity index (χ0) is 32.5. The number of hydrogen-bond donors (Lipinski definition) is 2. The zero-order valence-electron chi connectivity index (χ0n) is 26.4. The number of fused-ring (bicyclic) bond motifs is 4. The predicted octanol–water partition coefficient (Wildman–Crippen LogP) is 7.20. The van der Waals surface area contributed by atoms with Crippen LogP contribution in [0.5, 0.6) is 11.5 Å². The SMILES string of the molecule is CC/C(=C\c1ccc(O)c2ccccc12)CC[C@H]1OB(O)C[C@H]2C1=C(COc1ccccc1)C[C@H]1C(=O)N(c3ccccc3)C(=O)[C@H]12. The second kappa shape index (κ2) is 13.2. The van der Waals surface area contributed by atoms with Gasteiger partial charge in [-0.25, -0.2) is 0 Å². The zero-order valence-corrected chi connectivity index (χ0v) is 26.4. The van der Waals surface area contributed by atoms with Crippen molar-refractivity contribution in [2.24, 2.45) is 17.8 Å². The molecule has 2 fully saturated rings. The van der Waals surface area contributed by atoms with E-state index in [1.165, 1.54) is 10.5 Å². The minimum atomic E-state index is -1.05. The van der Waals surface area contributed by atoms with Crippen molar-refractivity contribution in [3.8, 4) is 11.5 Å². The van der Waals surface area contributed by atoms with E-state index in [1.54, 1.807) is 18.2 Å². The lowest BCUT2D eigenvalue weighted by Crippen LogP contribution is -2.46. The molecule has 7 nitrogen and oxygen atoms in total. The van der Waals surface area contributed by atoms with Gasteiger partial charge in [-0.05, 0) is 90.3 Å². The van der Waals surface area contributed by atoms with E-state index < -0.39 is 25.1 Å². The fourth-order valence-corrected chi connectivity index (χ4v) is 7.73. The summed E-state index contributed by atoms with van der Waals surface area (Å²) >= 11 is 0. The molecule has 0 unspecified atom stereocenters. The molecule has 0 spiro atoms. The summed E-state index contributed by atoms with van der Waals surface area (Å²) < 4.78 is 12.5. The van der Waals surface area contributed by atoms with E-state index in [4.69, 9.17) is 9.39 Å². The number of rotatable bonds is 9. The third-order valence-corrected chi connectivity index (χ3v) is 9.95. The van der Waals surface area contributed by atoms with E-state index in [2.05, 4.69) is 13.0 Å². The van der Waals surface area contributed by atoms with Crippen LogP contribution in [0.2, 0.25) is 6.32 Å². The highest BCUT2D eigenvalue weighted by atomic mass is 16.5. The number of ether oxygens (including phenoxy) is 1. The monoisotopic (exact) mass is 627 g/mol. The van der Waals surface area contributed by atoms with Gasteiger partial charge in [0.1, 0.15) is 18.1 Å². The normalized spacial score (nSPS) is 22.9. The van der Waals surface area contributed by atoms with Crippen LogP contribution < -0.4 is 9.64 Å². The number of allylic oxidation sites excluding steroid dienone is 1. The highest BCUT2D eigenvalue weighted by Gasteiger charge is 2.57. The van der Waals surface area contributed by atoms with Crippen molar-refractivity contribution in [1.29, 1.82) is 0 Å². The number of carbonyl (C=O) groups excluding carboxylic acids is 2. The van der Waals surface area contributed by atoms with E-state index in [-0.39, 0.29) is 36.4 Å². The first kappa shape index (κ1) is 31.0. The Hall–Kier alpha value is -4.66. The largest absolute Gasteiger partial charge is 0.507 e. The van der Waals surface area contributed by atoms with Gasteiger partial charge in [0.15, 0.2) is 0 Å². The molecule has 2 aliphatic heterocycles. The number of aromatic hydroxyl groups is 1. The Morgan fingerprint density at radius 3 is 2.36 bits per heavy atom. The van der Waals surface area contributed by atoms with Crippen molar-refractivity contribution < 1.29 is 29.1 Å². The van der Waals surface area contributed by atoms with Crippen LogP contribution in [0.15, 0.2) is 114 Å². The number of phenols is 1. The average Bonchev–Trinajstić information content (AvgIpc) is 3.35. The van der Waals surface area contributed by atoms with Crippen molar-refractivity contribution in [3.05, 3.63) is 119 Å². The molecule has 2 N–H and O–H groups in total. The lowest BCUT2D eigenvalue weighted by atomic mass is 9.58. The number of phenolic OH excluding ortho intramolecular Hbond substituents is 1. The lowest BCUT2D eigenvalue weighted by molar-refractivity contribution is -0.122. The first-order chi connectivity index (χ1) is 22.9. The van der Waals surface area contributed by atoms with Crippen LogP contribution >= 0.6 is 0 Å². The molecule has 0 bridgehead atoms. The number of carbonyl (C=O) groups is 2. The maximum absolute atomic E-state index is 14.1.